The molecule has 22 heavy (non-hydrogen) atoms. The fraction of sp³-hybridized carbons (Fsp3) is 0.500. The number of hydrogen-bond donors (Lipinski definition) is 2. The molecule has 0 aromatic heterocycles. The summed E-state index contributed by atoms with van der Waals surface area (Å²) in [5.41, 5.74) is 7.11. The highest BCUT2D eigenvalue weighted by Crippen LogP contribution is 2.30. The molecular weight excluding hydrogens is 302 g/mol. The van der Waals surface area contributed by atoms with Crippen LogP contribution in [0.15, 0.2) is 24.3 Å². The number of hydrogen-bond acceptors (Lipinski definition) is 3. The van der Waals surface area contributed by atoms with Gasteiger partial charge in [-0.3, -0.25) is 9.59 Å². The molecule has 120 valence electrons. The average molecular weight is 324 g/mol. The van der Waals surface area contributed by atoms with Crippen LogP contribution in [-0.4, -0.2) is 35.8 Å². The van der Waals surface area contributed by atoms with Gasteiger partial charge in [0.25, 0.3) is 5.91 Å². The van der Waals surface area contributed by atoms with Gasteiger partial charge in [0, 0.05) is 36.3 Å². The zero-order valence-corrected chi connectivity index (χ0v) is 13.3. The SMILES string of the molecule is Cl.NCC1CCCN1C(=O)c1ccc(NC(=O)C2CC2)cc1. The van der Waals surface area contributed by atoms with Crippen molar-refractivity contribution in [2.45, 2.75) is 31.7 Å². The van der Waals surface area contributed by atoms with Crippen molar-refractivity contribution < 1.29 is 9.59 Å². The molecule has 0 bridgehead atoms. The Morgan fingerprint density at radius 3 is 2.45 bits per heavy atom. The lowest BCUT2D eigenvalue weighted by Crippen LogP contribution is -2.39. The van der Waals surface area contributed by atoms with Crippen LogP contribution in [0.1, 0.15) is 36.0 Å². The van der Waals surface area contributed by atoms with Gasteiger partial charge in [0.05, 0.1) is 0 Å². The standard InChI is InChI=1S/C16H21N3O2.ClH/c17-10-14-2-1-9-19(14)16(21)12-5-7-13(8-6-12)18-15(20)11-3-4-11;/h5-8,11,14H,1-4,9-10,17H2,(H,18,20);1H. The first-order valence-electron chi connectivity index (χ1n) is 7.61. The summed E-state index contributed by atoms with van der Waals surface area (Å²) in [6, 6.07) is 7.29. The second-order valence-corrected chi connectivity index (χ2v) is 5.87. The second-order valence-electron chi connectivity index (χ2n) is 5.87. The zero-order valence-electron chi connectivity index (χ0n) is 12.5. The first kappa shape index (κ1) is 16.8. The molecule has 1 heterocycles. The van der Waals surface area contributed by atoms with Crippen LogP contribution in [0.3, 0.4) is 0 Å². The molecule has 1 aliphatic heterocycles. The van der Waals surface area contributed by atoms with Gasteiger partial charge >= 0.3 is 0 Å². The minimum Gasteiger partial charge on any atom is -0.334 e. The summed E-state index contributed by atoms with van der Waals surface area (Å²) >= 11 is 0. The molecule has 1 unspecified atom stereocenters. The summed E-state index contributed by atoms with van der Waals surface area (Å²) in [4.78, 5) is 26.0. The Hall–Kier alpha value is -1.59. The van der Waals surface area contributed by atoms with Crippen molar-refractivity contribution in [2.24, 2.45) is 11.7 Å². The summed E-state index contributed by atoms with van der Waals surface area (Å²) in [5.74, 6) is 0.293. The van der Waals surface area contributed by atoms with E-state index in [1.807, 2.05) is 4.90 Å². The normalized spacial score (nSPS) is 20.4. The molecule has 1 aliphatic carbocycles. The Bertz CT molecular complexity index is 543. The average Bonchev–Trinajstić information content (AvgIpc) is 3.25. The third-order valence-corrected chi connectivity index (χ3v) is 4.26. The lowest BCUT2D eigenvalue weighted by atomic mass is 10.1. The number of anilines is 1. The summed E-state index contributed by atoms with van der Waals surface area (Å²) < 4.78 is 0. The molecule has 2 fully saturated rings. The molecule has 1 saturated heterocycles. The van der Waals surface area contributed by atoms with Crippen molar-refractivity contribution in [2.75, 3.05) is 18.4 Å². The number of likely N-dealkylation sites (tertiary alicyclic amines) is 1. The Balaban J connectivity index is 0.00000176. The van der Waals surface area contributed by atoms with Gasteiger partial charge in [-0.15, -0.1) is 12.4 Å². The Kier molecular flexibility index (Phi) is 5.42. The van der Waals surface area contributed by atoms with Gasteiger partial charge in [-0.2, -0.15) is 0 Å². The zero-order chi connectivity index (χ0) is 14.8. The number of nitrogens with two attached hydrogens (primary N) is 1. The van der Waals surface area contributed by atoms with Gasteiger partial charge in [-0.1, -0.05) is 0 Å². The molecule has 1 saturated carbocycles. The predicted octanol–water partition coefficient (Wildman–Crippen LogP) is 2.02. The van der Waals surface area contributed by atoms with Gasteiger partial charge in [-0.25, -0.2) is 0 Å². The minimum atomic E-state index is 0. The van der Waals surface area contributed by atoms with E-state index in [0.717, 1.165) is 37.9 Å². The van der Waals surface area contributed by atoms with Crippen molar-refractivity contribution in [1.29, 1.82) is 0 Å². The topological polar surface area (TPSA) is 75.4 Å². The van der Waals surface area contributed by atoms with Gasteiger partial charge in [0.2, 0.25) is 5.91 Å². The smallest absolute Gasteiger partial charge is 0.254 e. The van der Waals surface area contributed by atoms with Crippen LogP contribution in [0.4, 0.5) is 5.69 Å². The van der Waals surface area contributed by atoms with Crippen molar-refractivity contribution in [3.05, 3.63) is 29.8 Å². The monoisotopic (exact) mass is 323 g/mol. The summed E-state index contributed by atoms with van der Waals surface area (Å²) in [6.07, 6.45) is 3.97. The van der Waals surface area contributed by atoms with E-state index in [1.54, 1.807) is 24.3 Å². The first-order valence-corrected chi connectivity index (χ1v) is 7.61. The van der Waals surface area contributed by atoms with Gasteiger partial charge in [0.1, 0.15) is 0 Å². The largest absolute Gasteiger partial charge is 0.334 e. The number of benzene rings is 1. The third kappa shape index (κ3) is 3.59. The van der Waals surface area contributed by atoms with Crippen LogP contribution in [0.25, 0.3) is 0 Å². The van der Waals surface area contributed by atoms with E-state index in [9.17, 15) is 9.59 Å². The van der Waals surface area contributed by atoms with E-state index in [2.05, 4.69) is 5.32 Å². The number of halogens is 1. The number of rotatable bonds is 4. The van der Waals surface area contributed by atoms with Crippen LogP contribution in [0, 0.1) is 5.92 Å². The molecule has 2 aliphatic rings. The van der Waals surface area contributed by atoms with E-state index in [1.165, 1.54) is 0 Å². The van der Waals surface area contributed by atoms with Crippen molar-refractivity contribution in [3.8, 4) is 0 Å². The van der Waals surface area contributed by atoms with E-state index in [0.29, 0.717) is 12.1 Å². The van der Waals surface area contributed by atoms with Crippen LogP contribution in [-0.2, 0) is 4.79 Å². The molecule has 1 aromatic carbocycles. The second kappa shape index (κ2) is 7.11. The van der Waals surface area contributed by atoms with Crippen molar-refractivity contribution >= 4 is 29.9 Å². The fourth-order valence-electron chi connectivity index (χ4n) is 2.80. The van der Waals surface area contributed by atoms with Crippen molar-refractivity contribution in [3.63, 3.8) is 0 Å². The molecule has 2 amide bonds. The van der Waals surface area contributed by atoms with Gasteiger partial charge in [0.15, 0.2) is 0 Å². The molecule has 0 spiro atoms. The number of amides is 2. The highest BCUT2D eigenvalue weighted by molar-refractivity contribution is 5.97. The molecule has 3 rings (SSSR count). The number of carbonyl (C=O) groups is 2. The lowest BCUT2D eigenvalue weighted by molar-refractivity contribution is -0.117. The van der Waals surface area contributed by atoms with E-state index < -0.39 is 0 Å². The highest BCUT2D eigenvalue weighted by atomic mass is 35.5. The maximum absolute atomic E-state index is 12.5. The predicted molar refractivity (Wildman–Crippen MR) is 88.2 cm³/mol. The van der Waals surface area contributed by atoms with Crippen molar-refractivity contribution in [1.82, 2.24) is 4.90 Å². The molecule has 5 nitrogen and oxygen atoms in total. The molecule has 1 atom stereocenters. The first-order chi connectivity index (χ1) is 10.2. The quantitative estimate of drug-likeness (QED) is 0.890. The molecule has 6 heteroatoms. The lowest BCUT2D eigenvalue weighted by Gasteiger charge is -2.23. The highest BCUT2D eigenvalue weighted by Gasteiger charge is 2.30. The maximum atomic E-state index is 12.5. The number of carbonyl (C=O) groups excluding carboxylic acids is 2. The Morgan fingerprint density at radius 1 is 1.18 bits per heavy atom. The number of nitrogens with zero attached hydrogens (tertiary/aromatic N) is 1. The van der Waals surface area contributed by atoms with E-state index in [-0.39, 0.29) is 36.2 Å². The van der Waals surface area contributed by atoms with Crippen LogP contribution < -0.4 is 11.1 Å². The van der Waals surface area contributed by atoms with Gasteiger partial charge in [-0.05, 0) is 49.9 Å². The Labute approximate surface area is 136 Å². The summed E-state index contributed by atoms with van der Waals surface area (Å²) in [5, 5.41) is 2.88. The maximum Gasteiger partial charge on any atom is 0.254 e. The summed E-state index contributed by atoms with van der Waals surface area (Å²) in [6.45, 7) is 1.29. The van der Waals surface area contributed by atoms with Gasteiger partial charge < -0.3 is 16.0 Å². The molecule has 3 N–H and O–H groups in total. The summed E-state index contributed by atoms with van der Waals surface area (Å²) in [7, 11) is 0. The molecule has 1 aromatic rings. The van der Waals surface area contributed by atoms with E-state index >= 15 is 0 Å². The van der Waals surface area contributed by atoms with Crippen LogP contribution >= 0.6 is 12.4 Å². The van der Waals surface area contributed by atoms with Crippen LogP contribution in [0.5, 0.6) is 0 Å². The number of nitrogens with one attached hydrogen (secondary N) is 1. The Morgan fingerprint density at radius 2 is 1.86 bits per heavy atom. The fourth-order valence-corrected chi connectivity index (χ4v) is 2.80. The molecular formula is C16H22ClN3O2. The third-order valence-electron chi connectivity index (χ3n) is 4.26. The van der Waals surface area contributed by atoms with Crippen LogP contribution in [0.2, 0.25) is 0 Å². The minimum absolute atomic E-state index is 0. The molecule has 0 radical (unpaired) electrons. The van der Waals surface area contributed by atoms with E-state index in [4.69, 9.17) is 5.73 Å².